The first-order valence-corrected chi connectivity index (χ1v) is 7.69. The van der Waals surface area contributed by atoms with Gasteiger partial charge in [-0.1, -0.05) is 26.8 Å². The summed E-state index contributed by atoms with van der Waals surface area (Å²) in [5, 5.41) is 18.1. The highest BCUT2D eigenvalue weighted by molar-refractivity contribution is 5.58. The minimum atomic E-state index is -0.313. The van der Waals surface area contributed by atoms with Crippen molar-refractivity contribution < 1.29 is 9.50 Å². The van der Waals surface area contributed by atoms with Gasteiger partial charge in [-0.2, -0.15) is 0 Å². The summed E-state index contributed by atoms with van der Waals surface area (Å²) in [5.41, 5.74) is 2.50. The molecule has 1 N–H and O–H groups in total. The largest absolute Gasteiger partial charge is 0.392 e. The standard InChI is InChI=1S/C18H19FN4O/c1-18(2,3)15-17(22-21-14-8-6-13(19)7-9-14)23-10-4-5-12(11-24)16(23)20-15/h4-10,24H,11H2,1-3H3. The Balaban J connectivity index is 2.16. The minimum absolute atomic E-state index is 0.0977. The molecule has 0 aliphatic rings. The third kappa shape index (κ3) is 3.05. The second kappa shape index (κ2) is 6.13. The van der Waals surface area contributed by atoms with E-state index in [1.165, 1.54) is 12.1 Å². The Labute approximate surface area is 139 Å². The first kappa shape index (κ1) is 16.3. The Morgan fingerprint density at radius 3 is 2.46 bits per heavy atom. The van der Waals surface area contributed by atoms with Gasteiger partial charge in [-0.3, -0.25) is 4.40 Å². The van der Waals surface area contributed by atoms with Gasteiger partial charge in [0.25, 0.3) is 0 Å². The van der Waals surface area contributed by atoms with Crippen LogP contribution in [0.1, 0.15) is 32.0 Å². The molecule has 24 heavy (non-hydrogen) atoms. The normalized spacial score (nSPS) is 12.4. The maximum absolute atomic E-state index is 13.0. The van der Waals surface area contributed by atoms with Gasteiger partial charge in [0.05, 0.1) is 18.0 Å². The maximum Gasteiger partial charge on any atom is 0.183 e. The number of aromatic nitrogens is 2. The molecule has 0 unspecified atom stereocenters. The highest BCUT2D eigenvalue weighted by atomic mass is 19.1. The third-order valence-corrected chi connectivity index (χ3v) is 3.67. The van der Waals surface area contributed by atoms with Crippen LogP contribution in [0.5, 0.6) is 0 Å². The number of nitrogens with zero attached hydrogens (tertiary/aromatic N) is 4. The monoisotopic (exact) mass is 326 g/mol. The Kier molecular flexibility index (Phi) is 4.15. The number of aliphatic hydroxyl groups excluding tert-OH is 1. The summed E-state index contributed by atoms with van der Waals surface area (Å²) in [5.74, 6) is 0.295. The van der Waals surface area contributed by atoms with E-state index in [2.05, 4.69) is 15.2 Å². The molecule has 3 rings (SSSR count). The molecule has 124 valence electrons. The number of hydrogen-bond donors (Lipinski definition) is 1. The predicted molar refractivity (Wildman–Crippen MR) is 90.4 cm³/mol. The topological polar surface area (TPSA) is 62.2 Å². The molecule has 0 saturated carbocycles. The third-order valence-electron chi connectivity index (χ3n) is 3.67. The molecule has 5 nitrogen and oxygen atoms in total. The molecule has 0 aliphatic heterocycles. The predicted octanol–water partition coefficient (Wildman–Crippen LogP) is 4.68. The molecule has 0 bridgehead atoms. The van der Waals surface area contributed by atoms with E-state index < -0.39 is 0 Å². The van der Waals surface area contributed by atoms with Crippen molar-refractivity contribution in [2.75, 3.05) is 0 Å². The smallest absolute Gasteiger partial charge is 0.183 e. The number of pyridine rings is 1. The average Bonchev–Trinajstić information content (AvgIpc) is 2.93. The van der Waals surface area contributed by atoms with Gasteiger partial charge in [-0.05, 0) is 30.3 Å². The van der Waals surface area contributed by atoms with Gasteiger partial charge in [-0.15, -0.1) is 10.2 Å². The number of hydrogen-bond acceptors (Lipinski definition) is 4. The Bertz CT molecular complexity index is 892. The van der Waals surface area contributed by atoms with Crippen LogP contribution in [0.3, 0.4) is 0 Å². The van der Waals surface area contributed by atoms with E-state index in [0.717, 1.165) is 11.3 Å². The van der Waals surface area contributed by atoms with Crippen molar-refractivity contribution >= 4 is 17.2 Å². The van der Waals surface area contributed by atoms with E-state index in [9.17, 15) is 9.50 Å². The first-order chi connectivity index (χ1) is 11.4. The molecule has 0 aliphatic carbocycles. The fourth-order valence-corrected chi connectivity index (χ4v) is 2.45. The molecule has 0 fully saturated rings. The van der Waals surface area contributed by atoms with Gasteiger partial charge in [0.15, 0.2) is 5.82 Å². The van der Waals surface area contributed by atoms with Crippen LogP contribution in [-0.2, 0) is 12.0 Å². The lowest BCUT2D eigenvalue weighted by Crippen LogP contribution is -2.11. The van der Waals surface area contributed by atoms with E-state index in [4.69, 9.17) is 0 Å². The minimum Gasteiger partial charge on any atom is -0.392 e. The van der Waals surface area contributed by atoms with Crippen LogP contribution in [0.25, 0.3) is 5.65 Å². The average molecular weight is 326 g/mol. The van der Waals surface area contributed by atoms with E-state index in [-0.39, 0.29) is 17.8 Å². The molecule has 1 aromatic carbocycles. The zero-order chi connectivity index (χ0) is 17.3. The van der Waals surface area contributed by atoms with Gasteiger partial charge >= 0.3 is 0 Å². The number of azo groups is 1. The summed E-state index contributed by atoms with van der Waals surface area (Å²) in [6.45, 7) is 6.04. The summed E-state index contributed by atoms with van der Waals surface area (Å²) < 4.78 is 14.8. The van der Waals surface area contributed by atoms with Gasteiger partial charge in [-0.25, -0.2) is 9.37 Å². The summed E-state index contributed by atoms with van der Waals surface area (Å²) in [4.78, 5) is 4.67. The van der Waals surface area contributed by atoms with Crippen LogP contribution in [0.4, 0.5) is 15.9 Å². The van der Waals surface area contributed by atoms with E-state index in [0.29, 0.717) is 17.2 Å². The molecule has 3 aromatic rings. The van der Waals surface area contributed by atoms with E-state index >= 15 is 0 Å². The van der Waals surface area contributed by atoms with Crippen LogP contribution in [0, 0.1) is 5.82 Å². The Morgan fingerprint density at radius 1 is 1.12 bits per heavy atom. The molecule has 0 atom stereocenters. The van der Waals surface area contributed by atoms with E-state index in [1.807, 2.05) is 43.5 Å². The molecular weight excluding hydrogens is 307 g/mol. The van der Waals surface area contributed by atoms with Crippen LogP contribution in [0.15, 0.2) is 52.8 Å². The van der Waals surface area contributed by atoms with Crippen LogP contribution in [-0.4, -0.2) is 14.5 Å². The number of benzene rings is 1. The summed E-state index contributed by atoms with van der Waals surface area (Å²) >= 11 is 0. The molecule has 0 amide bonds. The molecule has 2 heterocycles. The lowest BCUT2D eigenvalue weighted by atomic mass is 9.92. The van der Waals surface area contributed by atoms with Crippen molar-refractivity contribution in [1.29, 1.82) is 0 Å². The molecule has 0 spiro atoms. The highest BCUT2D eigenvalue weighted by Gasteiger charge is 2.25. The second-order valence-electron chi connectivity index (χ2n) is 6.60. The SMILES string of the molecule is CC(C)(C)c1nc2c(CO)cccn2c1N=Nc1ccc(F)cc1. The van der Waals surface area contributed by atoms with Gasteiger partial charge in [0.2, 0.25) is 0 Å². The maximum atomic E-state index is 13.0. The molecule has 0 radical (unpaired) electrons. The second-order valence-corrected chi connectivity index (χ2v) is 6.60. The first-order valence-electron chi connectivity index (χ1n) is 7.69. The summed E-state index contributed by atoms with van der Waals surface area (Å²) in [6.07, 6.45) is 1.84. The Morgan fingerprint density at radius 2 is 1.83 bits per heavy atom. The number of rotatable bonds is 3. The molecule has 6 heteroatoms. The number of halogens is 1. The number of fused-ring (bicyclic) bond motifs is 1. The molecule has 2 aromatic heterocycles. The van der Waals surface area contributed by atoms with Crippen molar-refractivity contribution in [3.8, 4) is 0 Å². The zero-order valence-electron chi connectivity index (χ0n) is 13.9. The fourth-order valence-electron chi connectivity index (χ4n) is 2.45. The number of aliphatic hydroxyl groups is 1. The summed E-state index contributed by atoms with van der Waals surface area (Å²) in [6, 6.07) is 9.49. The molecule has 0 saturated heterocycles. The molecular formula is C18H19FN4O. The van der Waals surface area contributed by atoms with Crippen molar-refractivity contribution in [3.63, 3.8) is 0 Å². The number of imidazole rings is 1. The zero-order valence-corrected chi connectivity index (χ0v) is 13.9. The Hall–Kier alpha value is -2.60. The van der Waals surface area contributed by atoms with E-state index in [1.54, 1.807) is 12.1 Å². The highest BCUT2D eigenvalue weighted by Crippen LogP contribution is 2.33. The lowest BCUT2D eigenvalue weighted by molar-refractivity contribution is 0.282. The van der Waals surface area contributed by atoms with Gasteiger partial charge in [0, 0.05) is 17.2 Å². The van der Waals surface area contributed by atoms with Gasteiger partial charge < -0.3 is 5.11 Å². The van der Waals surface area contributed by atoms with Gasteiger partial charge in [0.1, 0.15) is 11.5 Å². The lowest BCUT2D eigenvalue weighted by Gasteiger charge is -2.15. The van der Waals surface area contributed by atoms with Crippen LogP contribution < -0.4 is 0 Å². The van der Waals surface area contributed by atoms with Crippen molar-refractivity contribution in [1.82, 2.24) is 9.38 Å². The van der Waals surface area contributed by atoms with Crippen LogP contribution >= 0.6 is 0 Å². The van der Waals surface area contributed by atoms with Crippen LogP contribution in [0.2, 0.25) is 0 Å². The van der Waals surface area contributed by atoms with Crippen molar-refractivity contribution in [2.24, 2.45) is 10.2 Å². The summed E-state index contributed by atoms with van der Waals surface area (Å²) in [7, 11) is 0. The van der Waals surface area contributed by atoms with Crippen molar-refractivity contribution in [3.05, 3.63) is 59.7 Å². The fraction of sp³-hybridized carbons (Fsp3) is 0.278. The quantitative estimate of drug-likeness (QED) is 0.710. The van der Waals surface area contributed by atoms with Crippen molar-refractivity contribution in [2.45, 2.75) is 32.8 Å².